The Bertz CT molecular complexity index is 625. The van der Waals surface area contributed by atoms with Crippen molar-refractivity contribution in [3.8, 4) is 0 Å². The van der Waals surface area contributed by atoms with E-state index in [0.29, 0.717) is 17.9 Å². The Morgan fingerprint density at radius 2 is 1.86 bits per heavy atom. The molecule has 22 heavy (non-hydrogen) atoms. The minimum atomic E-state index is -1.02. The minimum Gasteiger partial charge on any atom is -0.480 e. The SMILES string of the molecule is O=C(O)CN(Cc1ccc(Cl)cc1)C(=O)CCc1ccsc1. The van der Waals surface area contributed by atoms with Crippen molar-refractivity contribution in [3.63, 3.8) is 0 Å². The molecule has 2 aromatic rings. The van der Waals surface area contributed by atoms with E-state index in [9.17, 15) is 9.59 Å². The van der Waals surface area contributed by atoms with Gasteiger partial charge in [0.15, 0.2) is 0 Å². The molecule has 1 amide bonds. The lowest BCUT2D eigenvalue weighted by molar-refractivity contribution is -0.144. The summed E-state index contributed by atoms with van der Waals surface area (Å²) in [6.07, 6.45) is 0.927. The van der Waals surface area contributed by atoms with Crippen LogP contribution in [-0.2, 0) is 22.6 Å². The largest absolute Gasteiger partial charge is 0.480 e. The quantitative estimate of drug-likeness (QED) is 0.842. The van der Waals surface area contributed by atoms with Crippen LogP contribution in [0, 0.1) is 0 Å². The Labute approximate surface area is 137 Å². The van der Waals surface area contributed by atoms with Crippen LogP contribution in [0.15, 0.2) is 41.1 Å². The van der Waals surface area contributed by atoms with Gasteiger partial charge in [-0.1, -0.05) is 23.7 Å². The fourth-order valence-corrected chi connectivity index (χ4v) is 2.88. The molecular formula is C16H16ClNO3S. The second-order valence-electron chi connectivity index (χ2n) is 4.90. The molecule has 0 atom stereocenters. The van der Waals surface area contributed by atoms with Gasteiger partial charge in [0.2, 0.25) is 5.91 Å². The molecule has 0 fully saturated rings. The van der Waals surface area contributed by atoms with Gasteiger partial charge in [0.25, 0.3) is 0 Å². The summed E-state index contributed by atoms with van der Waals surface area (Å²) in [5.74, 6) is -1.18. The number of benzene rings is 1. The summed E-state index contributed by atoms with van der Waals surface area (Å²) in [6, 6.07) is 9.02. The summed E-state index contributed by atoms with van der Waals surface area (Å²) >= 11 is 7.41. The Kier molecular flexibility index (Phi) is 5.98. The molecule has 4 nitrogen and oxygen atoms in total. The number of hydrogen-bond acceptors (Lipinski definition) is 3. The lowest BCUT2D eigenvalue weighted by Crippen LogP contribution is -2.35. The van der Waals surface area contributed by atoms with E-state index in [-0.39, 0.29) is 19.0 Å². The molecule has 0 saturated carbocycles. The molecule has 1 heterocycles. The minimum absolute atomic E-state index is 0.163. The van der Waals surface area contributed by atoms with E-state index in [0.717, 1.165) is 11.1 Å². The highest BCUT2D eigenvalue weighted by Crippen LogP contribution is 2.14. The van der Waals surface area contributed by atoms with Crippen molar-refractivity contribution in [2.24, 2.45) is 0 Å². The van der Waals surface area contributed by atoms with E-state index in [4.69, 9.17) is 16.7 Å². The Hall–Kier alpha value is -1.85. The van der Waals surface area contributed by atoms with Gasteiger partial charge in [0.1, 0.15) is 6.54 Å². The third kappa shape index (κ3) is 5.16. The van der Waals surface area contributed by atoms with Crippen LogP contribution in [-0.4, -0.2) is 28.4 Å². The van der Waals surface area contributed by atoms with Gasteiger partial charge in [-0.3, -0.25) is 9.59 Å². The fraction of sp³-hybridized carbons (Fsp3) is 0.250. The number of halogens is 1. The Morgan fingerprint density at radius 3 is 2.45 bits per heavy atom. The van der Waals surface area contributed by atoms with Crippen molar-refractivity contribution < 1.29 is 14.7 Å². The average molecular weight is 338 g/mol. The van der Waals surface area contributed by atoms with Gasteiger partial charge in [-0.05, 0) is 46.5 Å². The van der Waals surface area contributed by atoms with E-state index >= 15 is 0 Å². The number of carbonyl (C=O) groups is 2. The Morgan fingerprint density at radius 1 is 1.14 bits per heavy atom. The van der Waals surface area contributed by atoms with Crippen molar-refractivity contribution in [2.75, 3.05) is 6.54 Å². The fourth-order valence-electron chi connectivity index (χ4n) is 2.05. The molecule has 0 aliphatic rings. The first kappa shape index (κ1) is 16.5. The number of aliphatic carboxylic acids is 1. The molecule has 6 heteroatoms. The van der Waals surface area contributed by atoms with Crippen molar-refractivity contribution in [3.05, 3.63) is 57.2 Å². The molecule has 0 unspecified atom stereocenters. The standard InChI is InChI=1S/C16H16ClNO3S/c17-14-4-1-12(2-5-14)9-18(10-16(20)21)15(19)6-3-13-7-8-22-11-13/h1-2,4-5,7-8,11H,3,6,9-10H2,(H,20,21). The predicted molar refractivity (Wildman–Crippen MR) is 87.1 cm³/mol. The first-order valence-electron chi connectivity index (χ1n) is 6.79. The highest BCUT2D eigenvalue weighted by molar-refractivity contribution is 7.07. The number of aryl methyl sites for hydroxylation is 1. The van der Waals surface area contributed by atoms with Crippen molar-refractivity contribution >= 4 is 34.8 Å². The molecule has 116 valence electrons. The van der Waals surface area contributed by atoms with Crippen LogP contribution in [0.1, 0.15) is 17.5 Å². The molecule has 1 aromatic heterocycles. The second-order valence-corrected chi connectivity index (χ2v) is 6.12. The molecule has 0 saturated heterocycles. The number of carbonyl (C=O) groups excluding carboxylic acids is 1. The molecule has 0 radical (unpaired) electrons. The molecule has 0 aliphatic carbocycles. The number of carboxylic acid groups (broad SMARTS) is 1. The maximum absolute atomic E-state index is 12.3. The van der Waals surface area contributed by atoms with Crippen molar-refractivity contribution in [1.29, 1.82) is 0 Å². The first-order chi connectivity index (χ1) is 10.5. The van der Waals surface area contributed by atoms with E-state index in [2.05, 4.69) is 0 Å². The molecular weight excluding hydrogens is 322 g/mol. The van der Waals surface area contributed by atoms with Crippen molar-refractivity contribution in [1.82, 2.24) is 4.90 Å². The maximum Gasteiger partial charge on any atom is 0.323 e. The number of thiophene rings is 1. The zero-order chi connectivity index (χ0) is 15.9. The van der Waals surface area contributed by atoms with E-state index in [1.807, 2.05) is 16.8 Å². The van der Waals surface area contributed by atoms with Crippen LogP contribution in [0.25, 0.3) is 0 Å². The number of hydrogen-bond donors (Lipinski definition) is 1. The van der Waals surface area contributed by atoms with Gasteiger partial charge in [0.05, 0.1) is 0 Å². The Balaban J connectivity index is 1.99. The highest BCUT2D eigenvalue weighted by atomic mass is 35.5. The van der Waals surface area contributed by atoms with E-state index in [1.165, 1.54) is 4.90 Å². The normalized spacial score (nSPS) is 10.4. The van der Waals surface area contributed by atoms with Gasteiger partial charge in [-0.15, -0.1) is 0 Å². The van der Waals surface area contributed by atoms with Crippen LogP contribution in [0.4, 0.5) is 0 Å². The van der Waals surface area contributed by atoms with Crippen molar-refractivity contribution in [2.45, 2.75) is 19.4 Å². The van der Waals surface area contributed by atoms with Gasteiger partial charge in [0, 0.05) is 18.0 Å². The monoisotopic (exact) mass is 337 g/mol. The number of rotatable bonds is 7. The highest BCUT2D eigenvalue weighted by Gasteiger charge is 2.17. The lowest BCUT2D eigenvalue weighted by atomic mass is 10.1. The zero-order valence-electron chi connectivity index (χ0n) is 11.9. The van der Waals surface area contributed by atoms with Gasteiger partial charge >= 0.3 is 5.97 Å². The summed E-state index contributed by atoms with van der Waals surface area (Å²) in [4.78, 5) is 24.6. The topological polar surface area (TPSA) is 57.6 Å². The van der Waals surface area contributed by atoms with Gasteiger partial charge in [-0.25, -0.2) is 0 Å². The van der Waals surface area contributed by atoms with Crippen LogP contribution in [0.3, 0.4) is 0 Å². The summed E-state index contributed by atoms with van der Waals surface area (Å²) in [5, 5.41) is 13.6. The first-order valence-corrected chi connectivity index (χ1v) is 8.12. The summed E-state index contributed by atoms with van der Waals surface area (Å²) in [5.41, 5.74) is 1.95. The molecule has 0 bridgehead atoms. The van der Waals surface area contributed by atoms with Crippen LogP contribution < -0.4 is 0 Å². The van der Waals surface area contributed by atoms with Crippen LogP contribution in [0.5, 0.6) is 0 Å². The molecule has 2 rings (SSSR count). The van der Waals surface area contributed by atoms with Crippen LogP contribution in [0.2, 0.25) is 5.02 Å². The average Bonchev–Trinajstić information content (AvgIpc) is 2.99. The second kappa shape index (κ2) is 7.96. The van der Waals surface area contributed by atoms with Gasteiger partial charge < -0.3 is 10.0 Å². The summed E-state index contributed by atoms with van der Waals surface area (Å²) in [6.45, 7) is -0.0307. The third-order valence-electron chi connectivity index (χ3n) is 3.17. The molecule has 0 spiro atoms. The summed E-state index contributed by atoms with van der Waals surface area (Å²) < 4.78 is 0. The third-order valence-corrected chi connectivity index (χ3v) is 4.16. The maximum atomic E-state index is 12.3. The van der Waals surface area contributed by atoms with E-state index in [1.54, 1.807) is 35.6 Å². The van der Waals surface area contributed by atoms with Crippen LogP contribution >= 0.6 is 22.9 Å². The lowest BCUT2D eigenvalue weighted by Gasteiger charge is -2.21. The van der Waals surface area contributed by atoms with Gasteiger partial charge in [-0.2, -0.15) is 11.3 Å². The summed E-state index contributed by atoms with van der Waals surface area (Å²) in [7, 11) is 0. The van der Waals surface area contributed by atoms with E-state index < -0.39 is 5.97 Å². The number of carboxylic acids is 1. The number of nitrogens with zero attached hydrogens (tertiary/aromatic N) is 1. The molecule has 1 aromatic carbocycles. The smallest absolute Gasteiger partial charge is 0.323 e. The zero-order valence-corrected chi connectivity index (χ0v) is 13.4. The molecule has 0 aliphatic heterocycles. The predicted octanol–water partition coefficient (Wildman–Crippen LogP) is 3.45. The molecule has 1 N–H and O–H groups in total. The number of amides is 1.